The van der Waals surface area contributed by atoms with Crippen molar-refractivity contribution in [1.82, 2.24) is 4.98 Å². The number of nitrogens with one attached hydrogen (secondary N) is 1. The summed E-state index contributed by atoms with van der Waals surface area (Å²) in [6.07, 6.45) is 4.47. The van der Waals surface area contributed by atoms with E-state index >= 15 is 0 Å². The second kappa shape index (κ2) is 4.51. The maximum atomic E-state index is 4.46. The van der Waals surface area contributed by atoms with E-state index in [1.54, 1.807) is 0 Å². The van der Waals surface area contributed by atoms with E-state index in [2.05, 4.69) is 34.3 Å². The lowest BCUT2D eigenvalue weighted by molar-refractivity contribution is 0.436. The number of hydrogen-bond acceptors (Lipinski definition) is 3. The predicted octanol–water partition coefficient (Wildman–Crippen LogP) is 2.36. The third kappa shape index (κ3) is 2.41. The Morgan fingerprint density at radius 1 is 1.33 bits per heavy atom. The van der Waals surface area contributed by atoms with Crippen LogP contribution in [-0.4, -0.2) is 25.1 Å². The Balaban J connectivity index is 2.03. The van der Waals surface area contributed by atoms with Crippen molar-refractivity contribution in [2.24, 2.45) is 5.92 Å². The van der Waals surface area contributed by atoms with Crippen molar-refractivity contribution in [3.63, 3.8) is 0 Å². The lowest BCUT2D eigenvalue weighted by atomic mass is 9.99. The molecule has 2 heterocycles. The molecule has 1 fully saturated rings. The Labute approximate surface area is 91.5 Å². The molecule has 1 saturated heterocycles. The molecule has 0 amide bonds. The number of piperidine rings is 1. The lowest BCUT2D eigenvalue weighted by Crippen LogP contribution is -2.33. The maximum absolute atomic E-state index is 4.46. The van der Waals surface area contributed by atoms with Gasteiger partial charge in [-0.25, -0.2) is 4.98 Å². The largest absolute Gasteiger partial charge is 0.387 e. The molecule has 0 atom stereocenters. The molecule has 2 rings (SSSR count). The van der Waals surface area contributed by atoms with Gasteiger partial charge in [0.05, 0.1) is 11.9 Å². The van der Waals surface area contributed by atoms with Crippen molar-refractivity contribution in [2.75, 3.05) is 30.4 Å². The van der Waals surface area contributed by atoms with Gasteiger partial charge in [0.15, 0.2) is 0 Å². The van der Waals surface area contributed by atoms with Crippen molar-refractivity contribution in [3.05, 3.63) is 18.3 Å². The summed E-state index contributed by atoms with van der Waals surface area (Å²) < 4.78 is 0. The molecule has 15 heavy (non-hydrogen) atoms. The molecule has 82 valence electrons. The predicted molar refractivity (Wildman–Crippen MR) is 64.4 cm³/mol. The van der Waals surface area contributed by atoms with E-state index in [4.69, 9.17) is 0 Å². The fourth-order valence-electron chi connectivity index (χ4n) is 1.96. The molecular formula is C12H19N3. The first kappa shape index (κ1) is 10.3. The topological polar surface area (TPSA) is 28.2 Å². The van der Waals surface area contributed by atoms with Crippen molar-refractivity contribution in [3.8, 4) is 0 Å². The quantitative estimate of drug-likeness (QED) is 0.803. The molecule has 3 nitrogen and oxygen atoms in total. The molecule has 1 N–H and O–H groups in total. The van der Waals surface area contributed by atoms with Crippen molar-refractivity contribution < 1.29 is 0 Å². The van der Waals surface area contributed by atoms with Gasteiger partial charge in [-0.05, 0) is 30.9 Å². The third-order valence-electron chi connectivity index (χ3n) is 3.14. The molecule has 0 aliphatic carbocycles. The molecular weight excluding hydrogens is 186 g/mol. The summed E-state index contributed by atoms with van der Waals surface area (Å²) in [5.74, 6) is 1.98. The van der Waals surface area contributed by atoms with E-state index in [0.29, 0.717) is 0 Å². The highest BCUT2D eigenvalue weighted by atomic mass is 15.2. The van der Waals surface area contributed by atoms with Gasteiger partial charge in [-0.2, -0.15) is 0 Å². The smallest absolute Gasteiger partial charge is 0.128 e. The zero-order valence-electron chi connectivity index (χ0n) is 9.53. The van der Waals surface area contributed by atoms with Crippen LogP contribution in [0.3, 0.4) is 0 Å². The van der Waals surface area contributed by atoms with Gasteiger partial charge in [-0.1, -0.05) is 6.92 Å². The van der Waals surface area contributed by atoms with Crippen molar-refractivity contribution >= 4 is 11.5 Å². The van der Waals surface area contributed by atoms with Gasteiger partial charge in [0.25, 0.3) is 0 Å². The van der Waals surface area contributed by atoms with Gasteiger partial charge >= 0.3 is 0 Å². The average molecular weight is 205 g/mol. The molecule has 1 aliphatic rings. The summed E-state index contributed by atoms with van der Waals surface area (Å²) in [5.41, 5.74) is 1.07. The molecule has 1 aliphatic heterocycles. The van der Waals surface area contributed by atoms with Crippen LogP contribution < -0.4 is 10.2 Å². The second-order valence-corrected chi connectivity index (χ2v) is 4.32. The van der Waals surface area contributed by atoms with Gasteiger partial charge in [0.2, 0.25) is 0 Å². The lowest BCUT2D eigenvalue weighted by Gasteiger charge is -2.31. The van der Waals surface area contributed by atoms with E-state index in [-0.39, 0.29) is 0 Å². The molecule has 0 unspecified atom stereocenters. The maximum Gasteiger partial charge on any atom is 0.128 e. The Hall–Kier alpha value is -1.25. The Morgan fingerprint density at radius 3 is 2.60 bits per heavy atom. The minimum atomic E-state index is 0.873. The summed E-state index contributed by atoms with van der Waals surface area (Å²) in [6, 6.07) is 4.18. The summed E-state index contributed by atoms with van der Waals surface area (Å²) in [7, 11) is 1.92. The first-order chi connectivity index (χ1) is 7.29. The van der Waals surface area contributed by atoms with Gasteiger partial charge in [-0.3, -0.25) is 0 Å². The molecule has 3 heteroatoms. The first-order valence-corrected chi connectivity index (χ1v) is 5.68. The number of hydrogen-bond donors (Lipinski definition) is 1. The van der Waals surface area contributed by atoms with E-state index in [9.17, 15) is 0 Å². The fourth-order valence-corrected chi connectivity index (χ4v) is 1.96. The zero-order chi connectivity index (χ0) is 10.7. The highest BCUT2D eigenvalue weighted by Crippen LogP contribution is 2.21. The monoisotopic (exact) mass is 205 g/mol. The number of rotatable bonds is 2. The van der Waals surface area contributed by atoms with Crippen LogP contribution in [0.25, 0.3) is 0 Å². The molecule has 1 aromatic rings. The number of aromatic nitrogens is 1. The summed E-state index contributed by atoms with van der Waals surface area (Å²) >= 11 is 0. The standard InChI is InChI=1S/C12H19N3/c1-10-5-7-15(8-6-10)12-4-3-11(13-2)9-14-12/h3-4,9-10,13H,5-8H2,1-2H3. The molecule has 0 bridgehead atoms. The van der Waals surface area contributed by atoms with Crippen LogP contribution in [0.15, 0.2) is 18.3 Å². The molecule has 0 saturated carbocycles. The van der Waals surface area contributed by atoms with E-state index in [1.807, 2.05) is 13.2 Å². The Morgan fingerprint density at radius 2 is 2.07 bits per heavy atom. The molecule has 0 radical (unpaired) electrons. The summed E-state index contributed by atoms with van der Waals surface area (Å²) in [4.78, 5) is 6.84. The van der Waals surface area contributed by atoms with Gasteiger partial charge in [-0.15, -0.1) is 0 Å². The van der Waals surface area contributed by atoms with E-state index < -0.39 is 0 Å². The first-order valence-electron chi connectivity index (χ1n) is 5.68. The average Bonchev–Trinajstić information content (AvgIpc) is 2.30. The summed E-state index contributed by atoms with van der Waals surface area (Å²) in [6.45, 7) is 4.62. The molecule has 0 aromatic carbocycles. The number of pyridine rings is 1. The SMILES string of the molecule is CNc1ccc(N2CCC(C)CC2)nc1. The van der Waals surface area contributed by atoms with Gasteiger partial charge in [0, 0.05) is 20.1 Å². The number of nitrogens with zero attached hydrogens (tertiary/aromatic N) is 2. The van der Waals surface area contributed by atoms with Crippen LogP contribution in [-0.2, 0) is 0 Å². The van der Waals surface area contributed by atoms with Crippen LogP contribution in [0, 0.1) is 5.92 Å². The normalized spacial score (nSPS) is 17.9. The Kier molecular flexibility index (Phi) is 3.09. The van der Waals surface area contributed by atoms with Crippen LogP contribution in [0.1, 0.15) is 19.8 Å². The van der Waals surface area contributed by atoms with E-state index in [0.717, 1.165) is 30.5 Å². The van der Waals surface area contributed by atoms with Crippen molar-refractivity contribution in [2.45, 2.75) is 19.8 Å². The van der Waals surface area contributed by atoms with Crippen LogP contribution in [0.5, 0.6) is 0 Å². The fraction of sp³-hybridized carbons (Fsp3) is 0.583. The minimum Gasteiger partial charge on any atom is -0.387 e. The van der Waals surface area contributed by atoms with Gasteiger partial charge in [0.1, 0.15) is 5.82 Å². The van der Waals surface area contributed by atoms with Crippen LogP contribution in [0.2, 0.25) is 0 Å². The molecule has 1 aromatic heterocycles. The third-order valence-corrected chi connectivity index (χ3v) is 3.14. The van der Waals surface area contributed by atoms with Crippen LogP contribution >= 0.6 is 0 Å². The molecule has 0 spiro atoms. The highest BCUT2D eigenvalue weighted by molar-refractivity contribution is 5.48. The van der Waals surface area contributed by atoms with Crippen LogP contribution in [0.4, 0.5) is 11.5 Å². The highest BCUT2D eigenvalue weighted by Gasteiger charge is 2.16. The van der Waals surface area contributed by atoms with Crippen molar-refractivity contribution in [1.29, 1.82) is 0 Å². The second-order valence-electron chi connectivity index (χ2n) is 4.32. The zero-order valence-corrected chi connectivity index (χ0v) is 9.53. The van der Waals surface area contributed by atoms with Gasteiger partial charge < -0.3 is 10.2 Å². The van der Waals surface area contributed by atoms with E-state index in [1.165, 1.54) is 12.8 Å². The number of anilines is 2. The summed E-state index contributed by atoms with van der Waals surface area (Å²) in [5, 5.41) is 3.08. The Bertz CT molecular complexity index is 299. The minimum absolute atomic E-state index is 0.873.